The summed E-state index contributed by atoms with van der Waals surface area (Å²) in [6.45, 7) is 18.4. The first-order valence-corrected chi connectivity index (χ1v) is 11.5. The highest BCUT2D eigenvalue weighted by Crippen LogP contribution is 2.31. The third kappa shape index (κ3) is 10.8. The SMILES string of the molecule is C=CCOCCN(c1cc(NC(/C=C\N=C)=NCCC(CCNC)OC)ncc1N=C)C(C)C. The smallest absolute Gasteiger partial charge is 0.133 e. The zero-order valence-corrected chi connectivity index (χ0v) is 21.2. The quantitative estimate of drug-likeness (QED) is 0.146. The van der Waals surface area contributed by atoms with Gasteiger partial charge in [0.2, 0.25) is 0 Å². The fourth-order valence-corrected chi connectivity index (χ4v) is 3.25. The van der Waals surface area contributed by atoms with Crippen LogP contribution >= 0.6 is 0 Å². The van der Waals surface area contributed by atoms with Crippen LogP contribution in [0.5, 0.6) is 0 Å². The van der Waals surface area contributed by atoms with Gasteiger partial charge >= 0.3 is 0 Å². The maximum atomic E-state index is 5.60. The summed E-state index contributed by atoms with van der Waals surface area (Å²) >= 11 is 0. The molecule has 0 aliphatic heterocycles. The van der Waals surface area contributed by atoms with Gasteiger partial charge in [0.1, 0.15) is 17.3 Å². The van der Waals surface area contributed by atoms with Crippen LogP contribution in [0.3, 0.4) is 0 Å². The molecule has 0 spiro atoms. The number of aliphatic imine (C=N–C) groups is 3. The molecular weight excluding hydrogens is 430 g/mol. The number of aromatic nitrogens is 1. The Morgan fingerprint density at radius 2 is 2.09 bits per heavy atom. The molecule has 0 saturated heterocycles. The van der Waals surface area contributed by atoms with Gasteiger partial charge in [-0.3, -0.25) is 15.0 Å². The minimum absolute atomic E-state index is 0.143. The fourth-order valence-electron chi connectivity index (χ4n) is 3.25. The molecule has 0 aliphatic rings. The van der Waals surface area contributed by atoms with Crippen LogP contribution in [0.15, 0.2) is 52.2 Å². The number of anilines is 2. The van der Waals surface area contributed by atoms with Gasteiger partial charge in [0.05, 0.1) is 31.2 Å². The van der Waals surface area contributed by atoms with Crippen LogP contribution in [-0.2, 0) is 9.47 Å². The van der Waals surface area contributed by atoms with Gasteiger partial charge in [0.25, 0.3) is 0 Å². The lowest BCUT2D eigenvalue weighted by molar-refractivity contribution is 0.0906. The summed E-state index contributed by atoms with van der Waals surface area (Å²) in [4.78, 5) is 19.4. The van der Waals surface area contributed by atoms with Crippen molar-refractivity contribution in [1.29, 1.82) is 0 Å². The molecule has 0 aliphatic carbocycles. The highest BCUT2D eigenvalue weighted by atomic mass is 16.5. The van der Waals surface area contributed by atoms with Crippen molar-refractivity contribution >= 4 is 36.5 Å². The Kier molecular flexibility index (Phi) is 15.1. The molecule has 0 radical (unpaired) electrons. The highest BCUT2D eigenvalue weighted by molar-refractivity contribution is 6.03. The first kappa shape index (κ1) is 29.2. The Bertz CT molecular complexity index is 808. The largest absolute Gasteiger partial charge is 0.381 e. The van der Waals surface area contributed by atoms with Gasteiger partial charge in [-0.05, 0) is 59.8 Å². The summed E-state index contributed by atoms with van der Waals surface area (Å²) in [5.74, 6) is 1.28. The van der Waals surface area contributed by atoms with Crippen molar-refractivity contribution in [3.63, 3.8) is 0 Å². The second-order valence-electron chi connectivity index (χ2n) is 7.80. The maximum Gasteiger partial charge on any atom is 0.133 e. The van der Waals surface area contributed by atoms with Gasteiger partial charge in [-0.2, -0.15) is 0 Å². The van der Waals surface area contributed by atoms with Gasteiger partial charge < -0.3 is 25.0 Å². The third-order valence-corrected chi connectivity index (χ3v) is 5.05. The lowest BCUT2D eigenvalue weighted by atomic mass is 10.2. The monoisotopic (exact) mass is 471 g/mol. The summed E-state index contributed by atoms with van der Waals surface area (Å²) in [5.41, 5.74) is 1.62. The van der Waals surface area contributed by atoms with Crippen LogP contribution in [-0.4, -0.2) is 83.4 Å². The second kappa shape index (κ2) is 17.6. The molecule has 0 aromatic carbocycles. The third-order valence-electron chi connectivity index (χ3n) is 5.05. The number of ether oxygens (including phenoxy) is 2. The van der Waals surface area contributed by atoms with E-state index in [9.17, 15) is 0 Å². The first-order valence-electron chi connectivity index (χ1n) is 11.5. The first-order chi connectivity index (χ1) is 16.5. The van der Waals surface area contributed by atoms with Crippen LogP contribution < -0.4 is 15.5 Å². The van der Waals surface area contributed by atoms with Gasteiger partial charge in [-0.1, -0.05) is 6.08 Å². The van der Waals surface area contributed by atoms with Crippen molar-refractivity contribution < 1.29 is 9.47 Å². The van der Waals surface area contributed by atoms with Crippen molar-refractivity contribution in [3.8, 4) is 0 Å². The Morgan fingerprint density at radius 1 is 1.29 bits per heavy atom. The molecule has 0 amide bonds. The van der Waals surface area contributed by atoms with E-state index >= 15 is 0 Å². The summed E-state index contributed by atoms with van der Waals surface area (Å²) in [6, 6.07) is 2.18. The molecular formula is C25H41N7O2. The molecule has 1 atom stereocenters. The average molecular weight is 472 g/mol. The zero-order valence-electron chi connectivity index (χ0n) is 21.2. The van der Waals surface area contributed by atoms with Gasteiger partial charge in [0.15, 0.2) is 0 Å². The van der Waals surface area contributed by atoms with E-state index in [0.29, 0.717) is 43.6 Å². The number of methoxy groups -OCH3 is 1. The molecule has 0 bridgehead atoms. The Morgan fingerprint density at radius 3 is 2.71 bits per heavy atom. The molecule has 1 rings (SSSR count). The van der Waals surface area contributed by atoms with Crippen molar-refractivity contribution in [2.45, 2.75) is 38.8 Å². The Balaban J connectivity index is 3.06. The molecule has 1 unspecified atom stereocenters. The number of nitrogens with one attached hydrogen (secondary N) is 2. The molecule has 0 fully saturated rings. The fraction of sp³-hybridized carbons (Fsp3) is 0.520. The summed E-state index contributed by atoms with van der Waals surface area (Å²) in [7, 11) is 3.66. The minimum Gasteiger partial charge on any atom is -0.381 e. The van der Waals surface area contributed by atoms with Gasteiger partial charge in [-0.15, -0.1) is 6.58 Å². The van der Waals surface area contributed by atoms with Crippen molar-refractivity contribution in [1.82, 2.24) is 10.3 Å². The maximum absolute atomic E-state index is 5.60. The van der Waals surface area contributed by atoms with Crippen molar-refractivity contribution in [2.24, 2.45) is 15.0 Å². The van der Waals surface area contributed by atoms with E-state index in [2.05, 4.69) is 69.4 Å². The zero-order chi connectivity index (χ0) is 25.2. The second-order valence-corrected chi connectivity index (χ2v) is 7.80. The molecule has 1 heterocycles. The van der Waals surface area contributed by atoms with E-state index in [1.165, 1.54) is 0 Å². The predicted octanol–water partition coefficient (Wildman–Crippen LogP) is 3.87. The van der Waals surface area contributed by atoms with Crippen LogP contribution in [0.25, 0.3) is 0 Å². The van der Waals surface area contributed by atoms with E-state index < -0.39 is 0 Å². The predicted molar refractivity (Wildman–Crippen MR) is 146 cm³/mol. The minimum atomic E-state index is 0.143. The summed E-state index contributed by atoms with van der Waals surface area (Å²) in [6.07, 6.45) is 8.69. The topological polar surface area (TPSA) is 95.7 Å². The van der Waals surface area contributed by atoms with E-state index in [4.69, 9.17) is 9.47 Å². The van der Waals surface area contributed by atoms with Crippen LogP contribution in [0.1, 0.15) is 26.7 Å². The van der Waals surface area contributed by atoms with Crippen LogP contribution in [0.2, 0.25) is 0 Å². The van der Waals surface area contributed by atoms with Crippen molar-refractivity contribution in [3.05, 3.63) is 37.2 Å². The van der Waals surface area contributed by atoms with Crippen molar-refractivity contribution in [2.75, 3.05) is 57.2 Å². The summed E-state index contributed by atoms with van der Waals surface area (Å²) in [5, 5.41) is 6.44. The number of hydrogen-bond donors (Lipinski definition) is 2. The lowest BCUT2D eigenvalue weighted by Crippen LogP contribution is -2.34. The number of rotatable bonds is 18. The van der Waals surface area contributed by atoms with Gasteiger partial charge in [0, 0.05) is 38.5 Å². The molecule has 9 nitrogen and oxygen atoms in total. The molecule has 188 valence electrons. The van der Waals surface area contributed by atoms with E-state index in [1.54, 1.807) is 31.7 Å². The molecule has 34 heavy (non-hydrogen) atoms. The summed E-state index contributed by atoms with van der Waals surface area (Å²) < 4.78 is 11.1. The molecule has 9 heteroatoms. The van der Waals surface area contributed by atoms with E-state index in [-0.39, 0.29) is 12.1 Å². The molecule has 1 aromatic rings. The molecule has 1 aromatic heterocycles. The highest BCUT2D eigenvalue weighted by Gasteiger charge is 2.16. The molecule has 0 saturated carbocycles. The standard InChI is InChI=1S/C25H41N7O2/c1-8-16-34-17-15-32(20(2)3)23-18-25(30-19-22(23)28-6)31-24(11-13-27-5)29-14-10-21(33-7)9-12-26-4/h8,11,13,18-21,26H,1,5-6,9-10,12,14-17H2,2-4,7H3,(H,29,30,31)/b13-11-. The van der Waals surface area contributed by atoms with Crippen LogP contribution in [0.4, 0.5) is 17.2 Å². The number of pyridine rings is 1. The average Bonchev–Trinajstić information content (AvgIpc) is 2.84. The number of nitrogens with zero attached hydrogens (tertiary/aromatic N) is 5. The lowest BCUT2D eigenvalue weighted by Gasteiger charge is -2.30. The van der Waals surface area contributed by atoms with Gasteiger partial charge in [-0.25, -0.2) is 4.98 Å². The normalized spacial score (nSPS) is 12.7. The van der Waals surface area contributed by atoms with E-state index in [0.717, 1.165) is 25.1 Å². The van der Waals surface area contributed by atoms with Crippen LogP contribution in [0, 0.1) is 0 Å². The number of amidine groups is 1. The van der Waals surface area contributed by atoms with E-state index in [1.807, 2.05) is 13.1 Å². The Hall–Kier alpha value is -2.88. The number of hydrogen-bond acceptors (Lipinski definition) is 8. The Labute approximate surface area is 204 Å². The molecule has 2 N–H and O–H groups in total.